The number of nitrogens with one attached hydrogen (secondary N) is 1. The van der Waals surface area contributed by atoms with Gasteiger partial charge in [0.15, 0.2) is 0 Å². The highest BCUT2D eigenvalue weighted by Gasteiger charge is 2.12. The van der Waals surface area contributed by atoms with Crippen LogP contribution in [0.1, 0.15) is 11.5 Å². The maximum atomic E-state index is 11.0. The minimum atomic E-state index is -0.569. The van der Waals surface area contributed by atoms with Crippen LogP contribution < -0.4 is 10.2 Å². The van der Waals surface area contributed by atoms with Gasteiger partial charge in [-0.25, -0.2) is 14.8 Å². The standard InChI is InChI=1S/C13H16N4O2/c1-10-15-11(3-4-13(18)19-2)9-12(16-10)17-7-5-14-6-8-17/h9,14H,5-8H2,1-2H3. The molecule has 1 saturated heterocycles. The number of rotatable bonds is 1. The lowest BCUT2D eigenvalue weighted by Crippen LogP contribution is -2.44. The summed E-state index contributed by atoms with van der Waals surface area (Å²) in [5.41, 5.74) is 0.534. The predicted octanol–water partition coefficient (Wildman–Crippen LogP) is -0.281. The summed E-state index contributed by atoms with van der Waals surface area (Å²) in [6, 6.07) is 1.80. The molecule has 1 aromatic rings. The second-order valence-electron chi connectivity index (χ2n) is 4.14. The summed E-state index contributed by atoms with van der Waals surface area (Å²) < 4.78 is 4.47. The van der Waals surface area contributed by atoms with Gasteiger partial charge in [0.1, 0.15) is 17.3 Å². The number of hydrogen-bond acceptors (Lipinski definition) is 6. The van der Waals surface area contributed by atoms with E-state index in [0.29, 0.717) is 11.5 Å². The van der Waals surface area contributed by atoms with E-state index in [1.807, 2.05) is 6.92 Å². The number of aryl methyl sites for hydroxylation is 1. The summed E-state index contributed by atoms with van der Waals surface area (Å²) in [5, 5.41) is 3.29. The van der Waals surface area contributed by atoms with Gasteiger partial charge in [0, 0.05) is 38.2 Å². The first-order chi connectivity index (χ1) is 9.19. The summed E-state index contributed by atoms with van der Waals surface area (Å²) in [6.07, 6.45) is 0. The number of hydrogen-bond donors (Lipinski definition) is 1. The summed E-state index contributed by atoms with van der Waals surface area (Å²) in [6.45, 7) is 5.49. The molecule has 1 N–H and O–H groups in total. The van der Waals surface area contributed by atoms with Crippen molar-refractivity contribution in [2.45, 2.75) is 6.92 Å². The molecule has 1 aromatic heterocycles. The molecule has 0 unspecified atom stereocenters. The fourth-order valence-corrected chi connectivity index (χ4v) is 1.84. The maximum absolute atomic E-state index is 11.0. The fraction of sp³-hybridized carbons (Fsp3) is 0.462. The number of piperazine rings is 1. The Balaban J connectivity index is 2.22. The zero-order chi connectivity index (χ0) is 13.7. The highest BCUT2D eigenvalue weighted by atomic mass is 16.5. The van der Waals surface area contributed by atoms with Crippen molar-refractivity contribution in [1.29, 1.82) is 0 Å². The molecule has 6 nitrogen and oxygen atoms in total. The van der Waals surface area contributed by atoms with E-state index in [1.54, 1.807) is 6.07 Å². The van der Waals surface area contributed by atoms with Gasteiger partial charge < -0.3 is 15.0 Å². The molecule has 0 bridgehead atoms. The molecule has 2 heterocycles. The van der Waals surface area contributed by atoms with Crippen LogP contribution in [0.3, 0.4) is 0 Å². The third-order valence-electron chi connectivity index (χ3n) is 2.74. The Hall–Kier alpha value is -2.13. The fourth-order valence-electron chi connectivity index (χ4n) is 1.84. The molecule has 1 fully saturated rings. The Labute approximate surface area is 112 Å². The molecule has 1 aliphatic heterocycles. The quantitative estimate of drug-likeness (QED) is 0.553. The molecular formula is C13H16N4O2. The van der Waals surface area contributed by atoms with Crippen LogP contribution in [-0.2, 0) is 9.53 Å². The van der Waals surface area contributed by atoms with Crippen molar-refractivity contribution < 1.29 is 9.53 Å². The van der Waals surface area contributed by atoms with Crippen molar-refractivity contribution in [3.63, 3.8) is 0 Å². The lowest BCUT2D eigenvalue weighted by molar-refractivity contribution is -0.133. The summed E-state index contributed by atoms with van der Waals surface area (Å²) >= 11 is 0. The molecule has 0 saturated carbocycles. The normalized spacial score (nSPS) is 14.5. The van der Waals surface area contributed by atoms with Gasteiger partial charge in [-0.1, -0.05) is 0 Å². The Morgan fingerprint density at radius 2 is 2.16 bits per heavy atom. The third kappa shape index (κ3) is 3.66. The Morgan fingerprint density at radius 1 is 1.42 bits per heavy atom. The monoisotopic (exact) mass is 260 g/mol. The summed E-state index contributed by atoms with van der Waals surface area (Å²) in [4.78, 5) is 21.8. The average Bonchev–Trinajstić information content (AvgIpc) is 2.45. The number of aromatic nitrogens is 2. The van der Waals surface area contributed by atoms with Gasteiger partial charge in [-0.15, -0.1) is 0 Å². The topological polar surface area (TPSA) is 67.3 Å². The van der Waals surface area contributed by atoms with Crippen LogP contribution in [0.2, 0.25) is 0 Å². The lowest BCUT2D eigenvalue weighted by atomic mass is 10.3. The predicted molar refractivity (Wildman–Crippen MR) is 70.7 cm³/mol. The molecule has 0 radical (unpaired) electrons. The van der Waals surface area contributed by atoms with Gasteiger partial charge in [0.2, 0.25) is 0 Å². The number of ether oxygens (including phenoxy) is 1. The van der Waals surface area contributed by atoms with E-state index in [9.17, 15) is 4.79 Å². The number of carbonyl (C=O) groups excluding carboxylic acids is 1. The van der Waals surface area contributed by atoms with E-state index in [1.165, 1.54) is 7.11 Å². The first-order valence-electron chi connectivity index (χ1n) is 6.10. The van der Waals surface area contributed by atoms with Gasteiger partial charge in [0.25, 0.3) is 0 Å². The second-order valence-corrected chi connectivity index (χ2v) is 4.14. The lowest BCUT2D eigenvalue weighted by Gasteiger charge is -2.28. The molecule has 1 aliphatic rings. The Morgan fingerprint density at radius 3 is 2.84 bits per heavy atom. The van der Waals surface area contributed by atoms with Crippen LogP contribution in [0.15, 0.2) is 6.07 Å². The second kappa shape index (κ2) is 6.16. The van der Waals surface area contributed by atoms with Crippen molar-refractivity contribution >= 4 is 11.8 Å². The zero-order valence-electron chi connectivity index (χ0n) is 11.1. The number of esters is 1. The SMILES string of the molecule is COC(=O)C#Cc1cc(N2CCNCC2)nc(C)n1. The Bertz CT molecular complexity index is 527. The molecule has 19 heavy (non-hydrogen) atoms. The zero-order valence-corrected chi connectivity index (χ0v) is 11.1. The van der Waals surface area contributed by atoms with Crippen LogP contribution in [-0.4, -0.2) is 49.2 Å². The Kier molecular flexibility index (Phi) is 4.31. The van der Waals surface area contributed by atoms with Crippen LogP contribution in [0.4, 0.5) is 5.82 Å². The summed E-state index contributed by atoms with van der Waals surface area (Å²) in [7, 11) is 1.30. The molecule has 0 atom stereocenters. The van der Waals surface area contributed by atoms with Gasteiger partial charge in [-0.2, -0.15) is 0 Å². The smallest absolute Gasteiger partial charge is 0.384 e. The van der Waals surface area contributed by atoms with Crippen molar-refractivity contribution in [1.82, 2.24) is 15.3 Å². The largest absolute Gasteiger partial charge is 0.459 e. The van der Waals surface area contributed by atoms with Gasteiger partial charge in [-0.05, 0) is 12.8 Å². The number of carbonyl (C=O) groups is 1. The van der Waals surface area contributed by atoms with E-state index in [2.05, 4.69) is 36.8 Å². The molecule has 0 amide bonds. The van der Waals surface area contributed by atoms with E-state index >= 15 is 0 Å². The molecule has 0 spiro atoms. The minimum absolute atomic E-state index is 0.534. The molecular weight excluding hydrogens is 244 g/mol. The van der Waals surface area contributed by atoms with Crippen LogP contribution in [0.25, 0.3) is 0 Å². The average molecular weight is 260 g/mol. The van der Waals surface area contributed by atoms with Crippen LogP contribution >= 0.6 is 0 Å². The van der Waals surface area contributed by atoms with Crippen molar-refractivity contribution in [3.05, 3.63) is 17.6 Å². The number of anilines is 1. The minimum Gasteiger partial charge on any atom is -0.459 e. The first-order valence-corrected chi connectivity index (χ1v) is 6.10. The summed E-state index contributed by atoms with van der Waals surface area (Å²) in [5.74, 6) is 6.00. The van der Waals surface area contributed by atoms with Crippen molar-refractivity contribution in [3.8, 4) is 11.8 Å². The number of methoxy groups -OCH3 is 1. The maximum Gasteiger partial charge on any atom is 0.384 e. The van der Waals surface area contributed by atoms with Gasteiger partial charge in [0.05, 0.1) is 7.11 Å². The van der Waals surface area contributed by atoms with E-state index in [-0.39, 0.29) is 0 Å². The molecule has 0 aliphatic carbocycles. The van der Waals surface area contributed by atoms with E-state index < -0.39 is 5.97 Å². The van der Waals surface area contributed by atoms with Gasteiger partial charge >= 0.3 is 5.97 Å². The first kappa shape index (κ1) is 13.3. The van der Waals surface area contributed by atoms with Gasteiger partial charge in [-0.3, -0.25) is 0 Å². The van der Waals surface area contributed by atoms with Crippen molar-refractivity contribution in [2.24, 2.45) is 0 Å². The van der Waals surface area contributed by atoms with E-state index in [4.69, 9.17) is 0 Å². The molecule has 2 rings (SSSR count). The highest BCUT2D eigenvalue weighted by molar-refractivity contribution is 5.88. The third-order valence-corrected chi connectivity index (χ3v) is 2.74. The van der Waals surface area contributed by atoms with E-state index in [0.717, 1.165) is 32.0 Å². The molecule has 6 heteroatoms. The highest BCUT2D eigenvalue weighted by Crippen LogP contribution is 2.12. The van der Waals surface area contributed by atoms with Crippen molar-refractivity contribution in [2.75, 3.05) is 38.2 Å². The number of nitrogens with zero attached hydrogens (tertiary/aromatic N) is 3. The van der Waals surface area contributed by atoms with Crippen LogP contribution in [0, 0.1) is 18.8 Å². The van der Waals surface area contributed by atoms with Crippen LogP contribution in [0.5, 0.6) is 0 Å². The molecule has 100 valence electrons. The molecule has 0 aromatic carbocycles.